The summed E-state index contributed by atoms with van der Waals surface area (Å²) in [6, 6.07) is 53.4. The van der Waals surface area contributed by atoms with Crippen LogP contribution in [0.2, 0.25) is 0 Å². The van der Waals surface area contributed by atoms with E-state index in [1.54, 1.807) is 0 Å². The van der Waals surface area contributed by atoms with E-state index in [1.165, 1.54) is 85.9 Å². The summed E-state index contributed by atoms with van der Waals surface area (Å²) in [6.45, 7) is 0. The maximum Gasteiger partial charge on any atom is 0.0634 e. The molecule has 0 spiro atoms. The zero-order valence-corrected chi connectivity index (χ0v) is 24.0. The Morgan fingerprint density at radius 1 is 0.372 bits per heavy atom. The quantitative estimate of drug-likeness (QED) is 0.198. The first-order valence-electron chi connectivity index (χ1n) is 14.7. The van der Waals surface area contributed by atoms with Crippen LogP contribution in [-0.4, -0.2) is 9.13 Å². The molecule has 10 aromatic rings. The topological polar surface area (TPSA) is 9.86 Å². The van der Waals surface area contributed by atoms with E-state index >= 15 is 0 Å². The first-order valence-corrected chi connectivity index (χ1v) is 15.5. The lowest BCUT2D eigenvalue weighted by Gasteiger charge is -2.12. The smallest absolute Gasteiger partial charge is 0.0634 e. The third kappa shape index (κ3) is 3.12. The number of para-hydroxylation sites is 2. The third-order valence-corrected chi connectivity index (χ3v) is 10.2. The first-order chi connectivity index (χ1) is 21.3. The van der Waals surface area contributed by atoms with Crippen LogP contribution in [0.1, 0.15) is 0 Å². The molecular weight excluding hydrogens is 541 g/mol. The largest absolute Gasteiger partial charge is 0.309 e. The van der Waals surface area contributed by atoms with E-state index in [1.807, 2.05) is 11.3 Å². The SMILES string of the molecule is c1ccc(-n2c3ccccc3c3cc(-n4c5c6ccccc6ccc5c5ccc6sc7ccccc7c6c54)ccc32)cc1. The Hall–Kier alpha value is -5.38. The lowest BCUT2D eigenvalue weighted by Crippen LogP contribution is -1.96. The van der Waals surface area contributed by atoms with Gasteiger partial charge in [-0.2, -0.15) is 0 Å². The first kappa shape index (κ1) is 23.2. The van der Waals surface area contributed by atoms with Gasteiger partial charge in [-0.1, -0.05) is 97.1 Å². The summed E-state index contributed by atoms with van der Waals surface area (Å²) < 4.78 is 7.58. The van der Waals surface area contributed by atoms with Gasteiger partial charge in [-0.25, -0.2) is 0 Å². The minimum atomic E-state index is 1.18. The van der Waals surface area contributed by atoms with E-state index in [0.29, 0.717) is 0 Å². The molecule has 0 fully saturated rings. The fraction of sp³-hybridized carbons (Fsp3) is 0. The molecule has 0 N–H and O–H groups in total. The molecule has 0 atom stereocenters. The van der Waals surface area contributed by atoms with Crippen LogP contribution in [0.3, 0.4) is 0 Å². The molecule has 3 heterocycles. The van der Waals surface area contributed by atoms with Gasteiger partial charge < -0.3 is 9.13 Å². The highest BCUT2D eigenvalue weighted by Crippen LogP contribution is 2.45. The Morgan fingerprint density at radius 3 is 1.98 bits per heavy atom. The molecule has 0 aliphatic rings. The van der Waals surface area contributed by atoms with Crippen molar-refractivity contribution in [3.8, 4) is 11.4 Å². The van der Waals surface area contributed by atoms with Gasteiger partial charge in [0.1, 0.15) is 0 Å². The molecule has 200 valence electrons. The van der Waals surface area contributed by atoms with Crippen LogP contribution >= 0.6 is 11.3 Å². The highest BCUT2D eigenvalue weighted by atomic mass is 32.1. The average molecular weight is 565 g/mol. The van der Waals surface area contributed by atoms with Crippen LogP contribution in [0.5, 0.6) is 0 Å². The van der Waals surface area contributed by atoms with Crippen LogP contribution in [0.4, 0.5) is 0 Å². The van der Waals surface area contributed by atoms with E-state index in [4.69, 9.17) is 0 Å². The minimum Gasteiger partial charge on any atom is -0.309 e. The van der Waals surface area contributed by atoms with Crippen molar-refractivity contribution in [2.24, 2.45) is 0 Å². The molecule has 0 radical (unpaired) electrons. The molecule has 0 aliphatic heterocycles. The van der Waals surface area contributed by atoms with Crippen LogP contribution in [0.25, 0.3) is 85.9 Å². The van der Waals surface area contributed by atoms with Crippen molar-refractivity contribution in [2.45, 2.75) is 0 Å². The molecule has 7 aromatic carbocycles. The summed E-state index contributed by atoms with van der Waals surface area (Å²) in [4.78, 5) is 0. The zero-order chi connectivity index (χ0) is 28.1. The molecule has 0 saturated carbocycles. The van der Waals surface area contributed by atoms with Crippen molar-refractivity contribution in [1.82, 2.24) is 9.13 Å². The van der Waals surface area contributed by atoms with Crippen LogP contribution in [0.15, 0.2) is 146 Å². The van der Waals surface area contributed by atoms with Crippen molar-refractivity contribution in [2.75, 3.05) is 0 Å². The van der Waals surface area contributed by atoms with Gasteiger partial charge in [0.25, 0.3) is 0 Å². The van der Waals surface area contributed by atoms with Crippen molar-refractivity contribution in [3.05, 3.63) is 146 Å². The molecule has 0 saturated heterocycles. The summed E-state index contributed by atoms with van der Waals surface area (Å²) >= 11 is 1.88. The highest BCUT2D eigenvalue weighted by Gasteiger charge is 2.21. The van der Waals surface area contributed by atoms with Gasteiger partial charge in [0.15, 0.2) is 0 Å². The highest BCUT2D eigenvalue weighted by molar-refractivity contribution is 7.26. The molecule has 3 aromatic heterocycles. The predicted octanol–water partition coefficient (Wildman–Crippen LogP) is 11.4. The molecule has 43 heavy (non-hydrogen) atoms. The minimum absolute atomic E-state index is 1.18. The van der Waals surface area contributed by atoms with Gasteiger partial charge in [0.2, 0.25) is 0 Å². The second-order valence-electron chi connectivity index (χ2n) is 11.3. The standard InChI is InChI=1S/C40H24N2S/c1-2-11-26(12-3-1)41-34-16-8-6-14-29(34)33-24-27(19-22-35(33)41)42-39-28-13-5-4-10-25(28)18-20-30(39)31-21-23-37-38(40(31)42)32-15-7-9-17-36(32)43-37/h1-24H. The maximum atomic E-state index is 2.54. The van der Waals surface area contributed by atoms with Crippen molar-refractivity contribution in [3.63, 3.8) is 0 Å². The number of benzene rings is 7. The van der Waals surface area contributed by atoms with E-state index in [0.717, 1.165) is 0 Å². The van der Waals surface area contributed by atoms with Gasteiger partial charge in [-0.15, -0.1) is 11.3 Å². The van der Waals surface area contributed by atoms with Crippen LogP contribution < -0.4 is 0 Å². The number of nitrogens with zero attached hydrogens (tertiary/aromatic N) is 2. The van der Waals surface area contributed by atoms with E-state index in [-0.39, 0.29) is 0 Å². The number of aromatic nitrogens is 2. The molecule has 0 aliphatic carbocycles. The molecule has 0 bridgehead atoms. The molecule has 0 amide bonds. The van der Waals surface area contributed by atoms with E-state index in [9.17, 15) is 0 Å². The Balaban J connectivity index is 1.41. The normalized spacial score (nSPS) is 12.2. The summed E-state index contributed by atoms with van der Waals surface area (Å²) in [7, 11) is 0. The summed E-state index contributed by atoms with van der Waals surface area (Å²) in [5.74, 6) is 0. The third-order valence-electron chi connectivity index (χ3n) is 9.08. The van der Waals surface area contributed by atoms with Gasteiger partial charge in [-0.05, 0) is 53.9 Å². The van der Waals surface area contributed by atoms with Gasteiger partial charge >= 0.3 is 0 Å². The molecule has 0 unspecified atom stereocenters. The second kappa shape index (κ2) is 8.57. The monoisotopic (exact) mass is 564 g/mol. The second-order valence-corrected chi connectivity index (χ2v) is 12.4. The summed E-state index contributed by atoms with van der Waals surface area (Å²) in [5, 5.41) is 10.3. The average Bonchev–Trinajstić information content (AvgIpc) is 3.72. The number of thiophene rings is 1. The van der Waals surface area contributed by atoms with E-state index < -0.39 is 0 Å². The molecular formula is C40H24N2S. The maximum absolute atomic E-state index is 2.54. The fourth-order valence-corrected chi connectivity index (χ4v) is 8.40. The van der Waals surface area contributed by atoms with Crippen molar-refractivity contribution >= 4 is 85.9 Å². The number of rotatable bonds is 2. The number of hydrogen-bond donors (Lipinski definition) is 0. The molecule has 10 rings (SSSR count). The lowest BCUT2D eigenvalue weighted by atomic mass is 10.0. The Morgan fingerprint density at radius 2 is 1.07 bits per heavy atom. The van der Waals surface area contributed by atoms with Crippen molar-refractivity contribution in [1.29, 1.82) is 0 Å². The lowest BCUT2D eigenvalue weighted by molar-refractivity contribution is 1.17. The van der Waals surface area contributed by atoms with Gasteiger partial charge in [0.05, 0.1) is 22.1 Å². The molecule has 3 heteroatoms. The van der Waals surface area contributed by atoms with Crippen LogP contribution in [-0.2, 0) is 0 Å². The summed E-state index contributed by atoms with van der Waals surface area (Å²) in [5.41, 5.74) is 7.35. The Bertz CT molecular complexity index is 2720. The van der Waals surface area contributed by atoms with E-state index in [2.05, 4.69) is 155 Å². The Kier molecular flexibility index (Phi) is 4.63. The van der Waals surface area contributed by atoms with Crippen molar-refractivity contribution < 1.29 is 0 Å². The summed E-state index contributed by atoms with van der Waals surface area (Å²) in [6.07, 6.45) is 0. The van der Waals surface area contributed by atoms with Gasteiger partial charge in [0, 0.05) is 58.5 Å². The fourth-order valence-electron chi connectivity index (χ4n) is 7.29. The van der Waals surface area contributed by atoms with Crippen LogP contribution in [0, 0.1) is 0 Å². The predicted molar refractivity (Wildman–Crippen MR) is 186 cm³/mol. The number of fused-ring (bicyclic) bond motifs is 12. The Labute approximate surface area is 251 Å². The zero-order valence-electron chi connectivity index (χ0n) is 23.2. The van der Waals surface area contributed by atoms with Gasteiger partial charge in [-0.3, -0.25) is 0 Å². The number of hydrogen-bond acceptors (Lipinski definition) is 1. The molecule has 2 nitrogen and oxygen atoms in total.